The first-order chi connectivity index (χ1) is 7.63. The van der Waals surface area contributed by atoms with Crippen LogP contribution in [0.5, 0.6) is 0 Å². The molecule has 1 rings (SSSR count). The zero-order valence-corrected chi connectivity index (χ0v) is 10.6. The van der Waals surface area contributed by atoms with Crippen LogP contribution in [0.3, 0.4) is 0 Å². The minimum absolute atomic E-state index is 0.587. The maximum atomic E-state index is 4.15. The molecule has 0 bridgehead atoms. The van der Waals surface area contributed by atoms with Crippen LogP contribution in [0.15, 0.2) is 18.5 Å². The number of hydrogen-bond donors (Lipinski definition) is 2. The Balaban J connectivity index is 2.37. The molecular weight excluding hydrogens is 200 g/mol. The van der Waals surface area contributed by atoms with Crippen molar-refractivity contribution in [1.29, 1.82) is 0 Å². The molecule has 0 atom stereocenters. The van der Waals surface area contributed by atoms with E-state index >= 15 is 0 Å². The molecule has 0 fully saturated rings. The summed E-state index contributed by atoms with van der Waals surface area (Å²) in [5.74, 6) is 0. The first-order valence-electron chi connectivity index (χ1n) is 5.70. The summed E-state index contributed by atoms with van der Waals surface area (Å²) in [5.41, 5.74) is 2.09. The van der Waals surface area contributed by atoms with Gasteiger partial charge in [-0.25, -0.2) is 0 Å². The number of anilines is 2. The monoisotopic (exact) mass is 222 g/mol. The molecule has 0 saturated carbocycles. The molecule has 0 spiro atoms. The zero-order valence-electron chi connectivity index (χ0n) is 10.6. The van der Waals surface area contributed by atoms with Gasteiger partial charge in [0.1, 0.15) is 0 Å². The van der Waals surface area contributed by atoms with E-state index in [-0.39, 0.29) is 0 Å². The van der Waals surface area contributed by atoms with Crippen molar-refractivity contribution in [3.8, 4) is 0 Å². The van der Waals surface area contributed by atoms with Gasteiger partial charge in [-0.05, 0) is 27.0 Å². The lowest BCUT2D eigenvalue weighted by molar-refractivity contribution is 0.284. The second-order valence-corrected chi connectivity index (χ2v) is 4.21. The van der Waals surface area contributed by atoms with Crippen LogP contribution < -0.4 is 10.6 Å². The Labute approximate surface area is 98.1 Å². The lowest BCUT2D eigenvalue weighted by atomic mass is 10.3. The number of nitrogens with one attached hydrogen (secondary N) is 2. The van der Waals surface area contributed by atoms with Gasteiger partial charge in [0.25, 0.3) is 0 Å². The van der Waals surface area contributed by atoms with Gasteiger partial charge in [0.15, 0.2) is 0 Å². The van der Waals surface area contributed by atoms with Crippen LogP contribution in [0.1, 0.15) is 13.8 Å². The Kier molecular flexibility index (Phi) is 5.05. The lowest BCUT2D eigenvalue weighted by Gasteiger charge is -2.21. The molecule has 1 aromatic rings. The number of pyridine rings is 1. The number of rotatable bonds is 6. The van der Waals surface area contributed by atoms with Gasteiger partial charge in [-0.15, -0.1) is 0 Å². The third kappa shape index (κ3) is 4.06. The highest BCUT2D eigenvalue weighted by molar-refractivity contribution is 5.53. The Morgan fingerprint density at radius 1 is 1.31 bits per heavy atom. The van der Waals surface area contributed by atoms with Crippen molar-refractivity contribution in [2.75, 3.05) is 37.8 Å². The van der Waals surface area contributed by atoms with Crippen molar-refractivity contribution >= 4 is 11.4 Å². The summed E-state index contributed by atoms with van der Waals surface area (Å²) >= 11 is 0. The van der Waals surface area contributed by atoms with Crippen molar-refractivity contribution in [3.63, 3.8) is 0 Å². The molecular formula is C12H22N4. The number of aromatic nitrogens is 1. The average molecular weight is 222 g/mol. The molecule has 16 heavy (non-hydrogen) atoms. The third-order valence-electron chi connectivity index (χ3n) is 2.70. The summed E-state index contributed by atoms with van der Waals surface area (Å²) in [5, 5.41) is 6.43. The van der Waals surface area contributed by atoms with Gasteiger partial charge in [0.2, 0.25) is 0 Å². The maximum Gasteiger partial charge on any atom is 0.0547 e. The van der Waals surface area contributed by atoms with E-state index in [4.69, 9.17) is 0 Å². The predicted molar refractivity (Wildman–Crippen MR) is 70.0 cm³/mol. The van der Waals surface area contributed by atoms with E-state index in [1.165, 1.54) is 0 Å². The second-order valence-electron chi connectivity index (χ2n) is 4.21. The fourth-order valence-corrected chi connectivity index (χ4v) is 1.31. The first-order valence-corrected chi connectivity index (χ1v) is 5.70. The van der Waals surface area contributed by atoms with Crippen molar-refractivity contribution in [1.82, 2.24) is 9.88 Å². The fourth-order valence-electron chi connectivity index (χ4n) is 1.31. The quantitative estimate of drug-likeness (QED) is 0.771. The topological polar surface area (TPSA) is 40.2 Å². The maximum absolute atomic E-state index is 4.15. The lowest BCUT2D eigenvalue weighted by Crippen LogP contribution is -2.31. The molecule has 0 aliphatic carbocycles. The van der Waals surface area contributed by atoms with Crippen LogP contribution in [-0.4, -0.2) is 43.1 Å². The Hall–Kier alpha value is -1.29. The SMILES string of the molecule is CNc1cncc(NCCN(C)C(C)C)c1. The van der Waals surface area contributed by atoms with E-state index in [1.54, 1.807) is 0 Å². The first kappa shape index (κ1) is 12.8. The van der Waals surface area contributed by atoms with Gasteiger partial charge in [-0.2, -0.15) is 0 Å². The standard InChI is InChI=1S/C12H22N4/c1-10(2)16(4)6-5-15-12-7-11(13-3)8-14-9-12/h7-10,13,15H,5-6H2,1-4H3. The Morgan fingerprint density at radius 2 is 2.00 bits per heavy atom. The normalized spacial score (nSPS) is 10.9. The highest BCUT2D eigenvalue weighted by Crippen LogP contribution is 2.11. The Morgan fingerprint density at radius 3 is 2.62 bits per heavy atom. The van der Waals surface area contributed by atoms with Crippen molar-refractivity contribution in [2.24, 2.45) is 0 Å². The van der Waals surface area contributed by atoms with Crippen LogP contribution in [0.25, 0.3) is 0 Å². The fraction of sp³-hybridized carbons (Fsp3) is 0.583. The van der Waals surface area contributed by atoms with Gasteiger partial charge >= 0.3 is 0 Å². The summed E-state index contributed by atoms with van der Waals surface area (Å²) in [6, 6.07) is 2.64. The summed E-state index contributed by atoms with van der Waals surface area (Å²) in [4.78, 5) is 6.46. The van der Waals surface area contributed by atoms with E-state index < -0.39 is 0 Å². The molecule has 0 saturated heterocycles. The minimum Gasteiger partial charge on any atom is -0.387 e. The smallest absolute Gasteiger partial charge is 0.0547 e. The van der Waals surface area contributed by atoms with Crippen molar-refractivity contribution < 1.29 is 0 Å². The van der Waals surface area contributed by atoms with E-state index in [9.17, 15) is 0 Å². The largest absolute Gasteiger partial charge is 0.387 e. The molecule has 4 nitrogen and oxygen atoms in total. The molecule has 1 aromatic heterocycles. The van der Waals surface area contributed by atoms with Gasteiger partial charge < -0.3 is 15.5 Å². The third-order valence-corrected chi connectivity index (χ3v) is 2.70. The van der Waals surface area contributed by atoms with Crippen molar-refractivity contribution in [2.45, 2.75) is 19.9 Å². The van der Waals surface area contributed by atoms with E-state index in [1.807, 2.05) is 19.4 Å². The molecule has 0 unspecified atom stereocenters. The summed E-state index contributed by atoms with van der Waals surface area (Å²) in [7, 11) is 4.03. The molecule has 90 valence electrons. The summed E-state index contributed by atoms with van der Waals surface area (Å²) < 4.78 is 0. The number of hydrogen-bond acceptors (Lipinski definition) is 4. The Bertz CT molecular complexity index is 312. The van der Waals surface area contributed by atoms with E-state index in [2.05, 4.69) is 47.5 Å². The second kappa shape index (κ2) is 6.33. The molecule has 0 aliphatic heterocycles. The van der Waals surface area contributed by atoms with Gasteiger partial charge in [0, 0.05) is 26.2 Å². The average Bonchev–Trinajstić information content (AvgIpc) is 2.29. The molecule has 0 aliphatic rings. The molecule has 0 amide bonds. The van der Waals surface area contributed by atoms with Gasteiger partial charge in [-0.3, -0.25) is 4.98 Å². The van der Waals surface area contributed by atoms with Crippen LogP contribution >= 0.6 is 0 Å². The molecule has 2 N–H and O–H groups in total. The van der Waals surface area contributed by atoms with E-state index in [0.29, 0.717) is 6.04 Å². The molecule has 4 heteroatoms. The zero-order chi connectivity index (χ0) is 12.0. The summed E-state index contributed by atoms with van der Waals surface area (Å²) in [6.07, 6.45) is 3.65. The van der Waals surface area contributed by atoms with Gasteiger partial charge in [-0.1, -0.05) is 0 Å². The van der Waals surface area contributed by atoms with Gasteiger partial charge in [0.05, 0.1) is 23.8 Å². The van der Waals surface area contributed by atoms with Crippen LogP contribution in [0.4, 0.5) is 11.4 Å². The number of likely N-dealkylation sites (N-methyl/N-ethyl adjacent to an activating group) is 1. The molecule has 1 heterocycles. The summed E-state index contributed by atoms with van der Waals surface area (Å²) in [6.45, 7) is 6.36. The highest BCUT2D eigenvalue weighted by Gasteiger charge is 2.02. The van der Waals surface area contributed by atoms with Crippen LogP contribution in [-0.2, 0) is 0 Å². The van der Waals surface area contributed by atoms with Crippen LogP contribution in [0.2, 0.25) is 0 Å². The molecule has 0 aromatic carbocycles. The van der Waals surface area contributed by atoms with Crippen molar-refractivity contribution in [3.05, 3.63) is 18.5 Å². The predicted octanol–water partition coefficient (Wildman–Crippen LogP) is 1.88. The molecule has 0 radical (unpaired) electrons. The van der Waals surface area contributed by atoms with E-state index in [0.717, 1.165) is 24.5 Å². The van der Waals surface area contributed by atoms with Crippen LogP contribution in [0, 0.1) is 0 Å². The highest BCUT2D eigenvalue weighted by atomic mass is 15.1. The number of nitrogens with zero attached hydrogens (tertiary/aromatic N) is 2. The minimum atomic E-state index is 0.587.